The summed E-state index contributed by atoms with van der Waals surface area (Å²) in [6.45, 7) is 0. The van der Waals surface area contributed by atoms with Crippen LogP contribution in [0.5, 0.6) is 0 Å². The van der Waals surface area contributed by atoms with E-state index >= 15 is 0 Å². The minimum Gasteiger partial charge on any atom is -0.369 e. The molecule has 0 aromatic heterocycles. The van der Waals surface area contributed by atoms with Gasteiger partial charge in [0.15, 0.2) is 0 Å². The number of aliphatic imine (C=N–C) groups is 1. The molecule has 3 nitrogen and oxygen atoms in total. The van der Waals surface area contributed by atoms with Gasteiger partial charge < -0.3 is 5.73 Å². The summed E-state index contributed by atoms with van der Waals surface area (Å²) in [6.07, 6.45) is 0.0144. The van der Waals surface area contributed by atoms with E-state index in [2.05, 4.69) is 4.99 Å². The zero-order chi connectivity index (χ0) is 13.7. The second kappa shape index (κ2) is 5.91. The first-order valence-electron chi connectivity index (χ1n) is 5.82. The van der Waals surface area contributed by atoms with Crippen LogP contribution in [-0.4, -0.2) is 11.6 Å². The first kappa shape index (κ1) is 13.0. The minimum absolute atomic E-state index is 0.0144. The third-order valence-electron chi connectivity index (χ3n) is 2.52. The average molecular weight is 256 g/mol. The molecule has 0 atom stereocenters. The molecule has 0 bridgehead atoms. The lowest BCUT2D eigenvalue weighted by atomic mass is 10.1. The molecule has 0 aliphatic heterocycles. The number of carbonyl (C=O) groups excluding carboxylic acids is 1. The second-order valence-corrected chi connectivity index (χ2v) is 4.05. The largest absolute Gasteiger partial charge is 0.369 e. The van der Waals surface area contributed by atoms with E-state index in [1.165, 1.54) is 12.1 Å². The van der Waals surface area contributed by atoms with Gasteiger partial charge >= 0.3 is 0 Å². The van der Waals surface area contributed by atoms with E-state index in [0.717, 1.165) is 5.56 Å². The van der Waals surface area contributed by atoms with Crippen LogP contribution >= 0.6 is 0 Å². The van der Waals surface area contributed by atoms with Gasteiger partial charge in [-0.15, -0.1) is 0 Å². The van der Waals surface area contributed by atoms with Gasteiger partial charge in [-0.2, -0.15) is 0 Å². The number of nitrogens with zero attached hydrogens (tertiary/aromatic N) is 1. The standard InChI is InChI=1S/C15H13FN2O/c16-12-7-4-8-13(9-12)18-14(10-15(17)19)11-5-2-1-3-6-11/h1-9H,10H2,(H2,17,19). The highest BCUT2D eigenvalue weighted by Gasteiger charge is 2.07. The summed E-state index contributed by atoms with van der Waals surface area (Å²) in [5.41, 5.74) is 7.00. The van der Waals surface area contributed by atoms with Crippen molar-refractivity contribution < 1.29 is 9.18 Å². The number of benzene rings is 2. The fraction of sp³-hybridized carbons (Fsp3) is 0.0667. The molecule has 0 heterocycles. The number of carbonyl (C=O) groups is 1. The molecule has 2 rings (SSSR count). The number of hydrogen-bond acceptors (Lipinski definition) is 2. The van der Waals surface area contributed by atoms with E-state index in [9.17, 15) is 9.18 Å². The minimum atomic E-state index is -0.473. The first-order valence-corrected chi connectivity index (χ1v) is 5.82. The summed E-state index contributed by atoms with van der Waals surface area (Å²) in [5, 5.41) is 0. The van der Waals surface area contributed by atoms with Crippen LogP contribution in [0.1, 0.15) is 12.0 Å². The number of amides is 1. The lowest BCUT2D eigenvalue weighted by molar-refractivity contribution is -0.116. The van der Waals surface area contributed by atoms with Crippen LogP contribution in [0, 0.1) is 5.82 Å². The first-order chi connectivity index (χ1) is 9.15. The zero-order valence-corrected chi connectivity index (χ0v) is 10.2. The molecule has 19 heavy (non-hydrogen) atoms. The van der Waals surface area contributed by atoms with Crippen molar-refractivity contribution in [3.05, 3.63) is 66.0 Å². The van der Waals surface area contributed by atoms with E-state index in [1.54, 1.807) is 12.1 Å². The van der Waals surface area contributed by atoms with Gasteiger partial charge in [0.05, 0.1) is 17.8 Å². The Morgan fingerprint density at radius 1 is 1.11 bits per heavy atom. The molecule has 2 N–H and O–H groups in total. The van der Waals surface area contributed by atoms with Crippen molar-refractivity contribution in [1.29, 1.82) is 0 Å². The van der Waals surface area contributed by atoms with Gasteiger partial charge in [-0.1, -0.05) is 36.4 Å². The van der Waals surface area contributed by atoms with E-state index < -0.39 is 5.91 Å². The quantitative estimate of drug-likeness (QED) is 0.840. The predicted molar refractivity (Wildman–Crippen MR) is 72.9 cm³/mol. The molecular weight excluding hydrogens is 243 g/mol. The van der Waals surface area contributed by atoms with Crippen molar-refractivity contribution in [2.45, 2.75) is 6.42 Å². The number of halogens is 1. The van der Waals surface area contributed by atoms with E-state index in [4.69, 9.17) is 5.73 Å². The maximum absolute atomic E-state index is 13.1. The van der Waals surface area contributed by atoms with Crippen molar-refractivity contribution in [2.75, 3.05) is 0 Å². The number of rotatable bonds is 4. The van der Waals surface area contributed by atoms with Gasteiger partial charge in [-0.05, 0) is 23.8 Å². The molecule has 0 saturated heterocycles. The van der Waals surface area contributed by atoms with Crippen molar-refractivity contribution >= 4 is 17.3 Å². The molecule has 0 unspecified atom stereocenters. The van der Waals surface area contributed by atoms with Gasteiger partial charge in [0.25, 0.3) is 0 Å². The third kappa shape index (κ3) is 3.74. The molecule has 4 heteroatoms. The molecule has 0 radical (unpaired) electrons. The van der Waals surface area contributed by atoms with Crippen LogP contribution in [-0.2, 0) is 4.79 Å². The van der Waals surface area contributed by atoms with Crippen LogP contribution in [0.2, 0.25) is 0 Å². The monoisotopic (exact) mass is 256 g/mol. The van der Waals surface area contributed by atoms with Gasteiger partial charge in [-0.3, -0.25) is 9.79 Å². The smallest absolute Gasteiger partial charge is 0.223 e. The topological polar surface area (TPSA) is 55.5 Å². The highest BCUT2D eigenvalue weighted by atomic mass is 19.1. The van der Waals surface area contributed by atoms with Crippen molar-refractivity contribution in [3.8, 4) is 0 Å². The molecule has 0 aliphatic rings. The summed E-state index contributed by atoms with van der Waals surface area (Å²) in [7, 11) is 0. The van der Waals surface area contributed by atoms with E-state index in [0.29, 0.717) is 11.4 Å². The highest BCUT2D eigenvalue weighted by molar-refractivity contribution is 6.11. The fourth-order valence-electron chi connectivity index (χ4n) is 1.70. The molecule has 2 aromatic rings. The molecule has 1 amide bonds. The molecule has 96 valence electrons. The van der Waals surface area contributed by atoms with Crippen molar-refractivity contribution in [2.24, 2.45) is 10.7 Å². The Hall–Kier alpha value is -2.49. The van der Waals surface area contributed by atoms with Crippen molar-refractivity contribution in [1.82, 2.24) is 0 Å². The molecule has 2 aromatic carbocycles. The third-order valence-corrected chi connectivity index (χ3v) is 2.52. The Morgan fingerprint density at radius 2 is 1.84 bits per heavy atom. The highest BCUT2D eigenvalue weighted by Crippen LogP contribution is 2.16. The summed E-state index contributed by atoms with van der Waals surface area (Å²) in [6, 6.07) is 15.1. The lowest BCUT2D eigenvalue weighted by Gasteiger charge is -2.05. The van der Waals surface area contributed by atoms with Crippen LogP contribution in [0.3, 0.4) is 0 Å². The van der Waals surface area contributed by atoms with E-state index in [1.807, 2.05) is 30.3 Å². The maximum Gasteiger partial charge on any atom is 0.223 e. The van der Waals surface area contributed by atoms with Gasteiger partial charge in [0, 0.05) is 0 Å². The summed E-state index contributed by atoms with van der Waals surface area (Å²) < 4.78 is 13.1. The lowest BCUT2D eigenvalue weighted by Crippen LogP contribution is -2.16. The van der Waals surface area contributed by atoms with Crippen molar-refractivity contribution in [3.63, 3.8) is 0 Å². The predicted octanol–water partition coefficient (Wildman–Crippen LogP) is 2.82. The van der Waals surface area contributed by atoms with Crippen LogP contribution in [0.15, 0.2) is 59.6 Å². The molecule has 0 fully saturated rings. The van der Waals surface area contributed by atoms with Gasteiger partial charge in [0.2, 0.25) is 5.91 Å². The molecular formula is C15H13FN2O. The Balaban J connectivity index is 2.40. The molecule has 0 saturated carbocycles. The summed E-state index contributed by atoms with van der Waals surface area (Å²) >= 11 is 0. The Kier molecular flexibility index (Phi) is 4.03. The molecule has 0 spiro atoms. The maximum atomic E-state index is 13.1. The zero-order valence-electron chi connectivity index (χ0n) is 10.2. The van der Waals surface area contributed by atoms with Gasteiger partial charge in [-0.25, -0.2) is 4.39 Å². The summed E-state index contributed by atoms with van der Waals surface area (Å²) in [5.74, 6) is -0.841. The number of nitrogens with two attached hydrogens (primary N) is 1. The van der Waals surface area contributed by atoms with Crippen LogP contribution in [0.25, 0.3) is 0 Å². The summed E-state index contributed by atoms with van der Waals surface area (Å²) in [4.78, 5) is 15.4. The van der Waals surface area contributed by atoms with Crippen LogP contribution in [0.4, 0.5) is 10.1 Å². The average Bonchev–Trinajstić information content (AvgIpc) is 2.38. The fourth-order valence-corrected chi connectivity index (χ4v) is 1.70. The number of hydrogen-bond donors (Lipinski definition) is 1. The van der Waals surface area contributed by atoms with Gasteiger partial charge in [0.1, 0.15) is 5.82 Å². The molecule has 0 aliphatic carbocycles. The second-order valence-electron chi connectivity index (χ2n) is 4.05. The Morgan fingerprint density at radius 3 is 2.47 bits per heavy atom. The Labute approximate surface area is 110 Å². The van der Waals surface area contributed by atoms with Crippen LogP contribution < -0.4 is 5.73 Å². The number of primary amides is 1. The van der Waals surface area contributed by atoms with E-state index in [-0.39, 0.29) is 12.2 Å². The SMILES string of the molecule is NC(=O)CC(=Nc1cccc(F)c1)c1ccccc1. The Bertz CT molecular complexity index is 609. The normalized spacial score (nSPS) is 11.3.